The molecule has 2 aliphatic rings. The van der Waals surface area contributed by atoms with Gasteiger partial charge in [-0.15, -0.1) is 0 Å². The van der Waals surface area contributed by atoms with Gasteiger partial charge in [-0.25, -0.2) is 0 Å². The van der Waals surface area contributed by atoms with Gasteiger partial charge in [0, 0.05) is 17.1 Å². The van der Waals surface area contributed by atoms with E-state index in [1.54, 1.807) is 0 Å². The van der Waals surface area contributed by atoms with Crippen molar-refractivity contribution in [3.8, 4) is 0 Å². The summed E-state index contributed by atoms with van der Waals surface area (Å²) in [5.74, 6) is 0. The molecule has 0 radical (unpaired) electrons. The summed E-state index contributed by atoms with van der Waals surface area (Å²) in [5, 5.41) is 0. The molecule has 176 valence electrons. The number of halogens is 2. The molecule has 0 unspecified atom stereocenters. The molecule has 2 rings (SSSR count). The molecule has 0 saturated heterocycles. The molecule has 0 amide bonds. The van der Waals surface area contributed by atoms with Gasteiger partial charge in [-0.3, -0.25) is 0 Å². The Hall–Kier alpha value is 2.62. The molecule has 0 aromatic carbocycles. The summed E-state index contributed by atoms with van der Waals surface area (Å²) in [7, 11) is 10.3. The monoisotopic (exact) mass is 604 g/mol. The zero-order valence-electron chi connectivity index (χ0n) is 19.4. The van der Waals surface area contributed by atoms with Crippen molar-refractivity contribution < 1.29 is 33.0 Å². The van der Waals surface area contributed by atoms with Crippen molar-refractivity contribution in [2.75, 3.05) is 0 Å². The zero-order chi connectivity index (χ0) is 21.0. The van der Waals surface area contributed by atoms with E-state index in [1.807, 2.05) is 0 Å². The molecular formula is C22H46Cl2FeP2Pd. The summed E-state index contributed by atoms with van der Waals surface area (Å²) in [6.07, 6.45) is 12.1. The Morgan fingerprint density at radius 1 is 0.571 bits per heavy atom. The van der Waals surface area contributed by atoms with Crippen LogP contribution < -0.4 is 0 Å². The fourth-order valence-corrected chi connectivity index (χ4v) is 13.0. The Morgan fingerprint density at radius 2 is 0.750 bits per heavy atom. The van der Waals surface area contributed by atoms with Crippen LogP contribution in [0.2, 0.25) is 0 Å². The van der Waals surface area contributed by atoms with Gasteiger partial charge < -0.3 is 0 Å². The van der Waals surface area contributed by atoms with E-state index in [0.29, 0.717) is 15.8 Å². The molecule has 0 N–H and O–H groups in total. The van der Waals surface area contributed by atoms with Gasteiger partial charge in [0.15, 0.2) is 0 Å². The summed E-state index contributed by atoms with van der Waals surface area (Å²) in [6, 6.07) is 0. The largest absolute Gasteiger partial charge is 0 e. The van der Waals surface area contributed by atoms with Gasteiger partial charge in [0.1, 0.15) is 0 Å². The topological polar surface area (TPSA) is 0 Å². The summed E-state index contributed by atoms with van der Waals surface area (Å²) < 4.78 is 0. The van der Waals surface area contributed by atoms with Crippen LogP contribution >= 0.6 is 34.9 Å². The van der Waals surface area contributed by atoms with Crippen LogP contribution in [0.1, 0.15) is 107 Å². The molecule has 2 fully saturated rings. The van der Waals surface area contributed by atoms with Gasteiger partial charge in [-0.1, -0.05) is 96.9 Å². The Balaban J connectivity index is 0. The van der Waals surface area contributed by atoms with Crippen LogP contribution in [0.4, 0.5) is 0 Å². The van der Waals surface area contributed by atoms with Crippen LogP contribution in [0.25, 0.3) is 0 Å². The second-order valence-corrected chi connectivity index (χ2v) is 18.9. The zero-order valence-corrected chi connectivity index (χ0v) is 25.4. The summed E-state index contributed by atoms with van der Waals surface area (Å²) in [4.78, 5) is 0. The van der Waals surface area contributed by atoms with Crippen LogP contribution in [0.3, 0.4) is 0 Å². The average Bonchev–Trinajstić information content (AvgIpc) is 3.21. The van der Waals surface area contributed by atoms with E-state index in [9.17, 15) is 0 Å². The van der Waals surface area contributed by atoms with Crippen LogP contribution in [0.15, 0.2) is 0 Å². The fourth-order valence-electron chi connectivity index (χ4n) is 5.28. The van der Waals surface area contributed by atoms with E-state index in [0.717, 1.165) is 34.0 Å². The third kappa shape index (κ3) is 13.2. The van der Waals surface area contributed by atoms with Crippen molar-refractivity contribution in [3.63, 3.8) is 0 Å². The van der Waals surface area contributed by atoms with Gasteiger partial charge in [0.2, 0.25) is 0 Å². The van der Waals surface area contributed by atoms with E-state index in [1.165, 1.54) is 51.4 Å². The van der Waals surface area contributed by atoms with E-state index in [4.69, 9.17) is 19.1 Å². The molecule has 0 nitrogen and oxygen atoms in total. The summed E-state index contributed by atoms with van der Waals surface area (Å²) in [6.45, 7) is 19.4. The second kappa shape index (κ2) is 19.1. The molecular weight excluding hydrogens is 559 g/mol. The van der Waals surface area contributed by atoms with Crippen molar-refractivity contribution in [1.29, 1.82) is 0 Å². The number of hydrogen-bond acceptors (Lipinski definition) is 0. The predicted molar refractivity (Wildman–Crippen MR) is 131 cm³/mol. The Labute approximate surface area is 207 Å². The first-order chi connectivity index (χ1) is 12.7. The first-order valence-electron chi connectivity index (χ1n) is 11.0. The maximum absolute atomic E-state index is 4.81. The molecule has 0 atom stereocenters. The standard InChI is InChI=1S/2C11H23P.2ClH.Fe.Pd/c2*1-9(2)12(10(3)4)11-7-5-6-8-11;;;;/h2*9-11H,5-8H2,1-4H3;2*1H;;/q;;;;;+2/p-2. The van der Waals surface area contributed by atoms with Crippen LogP contribution in [0.5, 0.6) is 0 Å². The minimum Gasteiger partial charge on any atom is 0 e. The molecule has 0 spiro atoms. The van der Waals surface area contributed by atoms with Crippen molar-refractivity contribution >= 4 is 34.9 Å². The van der Waals surface area contributed by atoms with Gasteiger partial charge in [-0.2, -0.15) is 0 Å². The molecule has 2 saturated carbocycles. The van der Waals surface area contributed by atoms with Crippen molar-refractivity contribution in [2.24, 2.45) is 0 Å². The summed E-state index contributed by atoms with van der Waals surface area (Å²) >= 11 is -0.106. The van der Waals surface area contributed by atoms with Gasteiger partial charge in [0.25, 0.3) is 0 Å². The Bertz CT molecular complexity index is 297. The maximum Gasteiger partial charge on any atom is 0 e. The fraction of sp³-hybridized carbons (Fsp3) is 1.00. The quantitative estimate of drug-likeness (QED) is 0.209. The molecule has 0 heterocycles. The third-order valence-corrected chi connectivity index (χ3v) is 13.4. The van der Waals surface area contributed by atoms with E-state index in [-0.39, 0.29) is 33.0 Å². The minimum atomic E-state index is -0.106. The van der Waals surface area contributed by atoms with E-state index < -0.39 is 0 Å². The van der Waals surface area contributed by atoms with Crippen LogP contribution in [-0.4, -0.2) is 34.0 Å². The van der Waals surface area contributed by atoms with Gasteiger partial charge in [0.05, 0.1) is 0 Å². The smallest absolute Gasteiger partial charge is 0 e. The normalized spacial score (nSPS) is 18.1. The van der Waals surface area contributed by atoms with Crippen molar-refractivity contribution in [1.82, 2.24) is 0 Å². The van der Waals surface area contributed by atoms with Crippen LogP contribution in [0, 0.1) is 0 Å². The molecule has 0 aromatic heterocycles. The first-order valence-corrected chi connectivity index (χ1v) is 18.1. The molecule has 2 aliphatic carbocycles. The Kier molecular flexibility index (Phi) is 22.4. The van der Waals surface area contributed by atoms with Gasteiger partial charge >= 0.3 is 35.0 Å². The van der Waals surface area contributed by atoms with Crippen molar-refractivity contribution in [3.05, 3.63) is 0 Å². The maximum atomic E-state index is 4.81. The molecule has 0 aromatic rings. The van der Waals surface area contributed by atoms with E-state index in [2.05, 4.69) is 55.4 Å². The minimum absolute atomic E-state index is 0. The summed E-state index contributed by atoms with van der Waals surface area (Å²) in [5.41, 5.74) is 6.01. The van der Waals surface area contributed by atoms with Crippen LogP contribution in [-0.2, 0) is 33.0 Å². The van der Waals surface area contributed by atoms with Gasteiger partial charge in [-0.05, 0) is 59.6 Å². The third-order valence-electron chi connectivity index (χ3n) is 5.88. The SMILES string of the molecule is CC(C)P(C(C)C)C1CCCC1.CC(C)P(C(C)C)C1CCCC1.[Cl][Pd][Cl].[Fe]. The Morgan fingerprint density at radius 3 is 0.893 bits per heavy atom. The molecule has 0 bridgehead atoms. The first kappa shape index (κ1) is 32.8. The average molecular weight is 606 g/mol. The molecule has 6 heteroatoms. The van der Waals surface area contributed by atoms with Crippen molar-refractivity contribution in [2.45, 2.75) is 141 Å². The molecule has 28 heavy (non-hydrogen) atoms. The number of rotatable bonds is 6. The van der Waals surface area contributed by atoms with E-state index >= 15 is 0 Å². The second-order valence-electron chi connectivity index (χ2n) is 9.19. The predicted octanol–water partition coefficient (Wildman–Crippen LogP) is 9.83. The molecule has 0 aliphatic heterocycles. The number of hydrogen-bond donors (Lipinski definition) is 0.